The summed E-state index contributed by atoms with van der Waals surface area (Å²) in [6, 6.07) is 0. The predicted molar refractivity (Wildman–Crippen MR) is 71.9 cm³/mol. The molecule has 0 aromatic carbocycles. The molecule has 0 bridgehead atoms. The molecule has 21 heavy (non-hydrogen) atoms. The quantitative estimate of drug-likeness (QED) is 0.736. The standard InChI is InChI=1S/C11H13FN6O2S/c1-13-10(20)11-16-15-9(21-11)3-2-7(12)4-18-5-8(6-19)14-17-18/h5-7H,2-4H2,1H3,(H,13,20). The summed E-state index contributed by atoms with van der Waals surface area (Å²) in [7, 11) is 1.51. The van der Waals surface area contributed by atoms with Gasteiger partial charge in [-0.05, 0) is 6.42 Å². The lowest BCUT2D eigenvalue weighted by molar-refractivity contribution is 0.0961. The molecule has 0 radical (unpaired) electrons. The van der Waals surface area contributed by atoms with Crippen LogP contribution in [0.2, 0.25) is 0 Å². The summed E-state index contributed by atoms with van der Waals surface area (Å²) in [6.07, 6.45) is 1.38. The molecule has 1 amide bonds. The van der Waals surface area contributed by atoms with E-state index in [1.54, 1.807) is 0 Å². The van der Waals surface area contributed by atoms with Gasteiger partial charge in [-0.25, -0.2) is 9.07 Å². The van der Waals surface area contributed by atoms with Gasteiger partial charge in [0.1, 0.15) is 16.9 Å². The van der Waals surface area contributed by atoms with E-state index in [1.165, 1.54) is 17.9 Å². The zero-order valence-electron chi connectivity index (χ0n) is 11.2. The second kappa shape index (κ2) is 6.97. The molecule has 112 valence electrons. The van der Waals surface area contributed by atoms with Gasteiger partial charge in [0.15, 0.2) is 6.29 Å². The van der Waals surface area contributed by atoms with Gasteiger partial charge in [-0.3, -0.25) is 9.59 Å². The van der Waals surface area contributed by atoms with Gasteiger partial charge in [-0.15, -0.1) is 15.3 Å². The fraction of sp³-hybridized carbons (Fsp3) is 0.455. The molecule has 1 atom stereocenters. The average Bonchev–Trinajstić information content (AvgIpc) is 3.13. The highest BCUT2D eigenvalue weighted by atomic mass is 32.1. The van der Waals surface area contributed by atoms with Crippen molar-refractivity contribution in [2.75, 3.05) is 7.05 Å². The third-order valence-corrected chi connectivity index (χ3v) is 3.60. The highest BCUT2D eigenvalue weighted by molar-refractivity contribution is 7.13. The number of aryl methyl sites for hydroxylation is 1. The minimum atomic E-state index is -1.15. The first-order chi connectivity index (χ1) is 10.1. The monoisotopic (exact) mass is 312 g/mol. The van der Waals surface area contributed by atoms with Crippen LogP contribution in [0.15, 0.2) is 6.20 Å². The van der Waals surface area contributed by atoms with Crippen LogP contribution in [0.4, 0.5) is 4.39 Å². The van der Waals surface area contributed by atoms with Crippen LogP contribution in [0.3, 0.4) is 0 Å². The van der Waals surface area contributed by atoms with Crippen LogP contribution < -0.4 is 5.32 Å². The summed E-state index contributed by atoms with van der Waals surface area (Å²) >= 11 is 1.14. The van der Waals surface area contributed by atoms with Crippen LogP contribution in [0.1, 0.15) is 31.7 Å². The number of aldehydes is 1. The third-order valence-electron chi connectivity index (χ3n) is 2.62. The lowest BCUT2D eigenvalue weighted by Crippen LogP contribution is -2.17. The lowest BCUT2D eigenvalue weighted by atomic mass is 10.2. The Morgan fingerprint density at radius 2 is 2.33 bits per heavy atom. The number of hydrogen-bond donors (Lipinski definition) is 1. The molecule has 1 N–H and O–H groups in total. The Hall–Kier alpha value is -2.23. The first-order valence-electron chi connectivity index (χ1n) is 6.16. The molecule has 2 heterocycles. The van der Waals surface area contributed by atoms with E-state index < -0.39 is 6.17 Å². The van der Waals surface area contributed by atoms with Gasteiger partial charge >= 0.3 is 0 Å². The first-order valence-corrected chi connectivity index (χ1v) is 6.98. The number of rotatable bonds is 7. The van der Waals surface area contributed by atoms with Crippen LogP contribution in [-0.2, 0) is 13.0 Å². The highest BCUT2D eigenvalue weighted by Crippen LogP contribution is 2.14. The first kappa shape index (κ1) is 15.2. The molecule has 2 aromatic heterocycles. The summed E-state index contributed by atoms with van der Waals surface area (Å²) in [6.45, 7) is 0.0158. The lowest BCUT2D eigenvalue weighted by Gasteiger charge is -2.05. The molecule has 2 rings (SSSR count). The Balaban J connectivity index is 1.83. The van der Waals surface area contributed by atoms with Crippen LogP contribution in [0, 0.1) is 0 Å². The second-order valence-corrected chi connectivity index (χ2v) is 5.26. The molecular weight excluding hydrogens is 299 g/mol. The van der Waals surface area contributed by atoms with Gasteiger partial charge in [0.05, 0.1) is 12.7 Å². The number of carbonyl (C=O) groups excluding carboxylic acids is 2. The molecular formula is C11H13FN6O2S. The maximum atomic E-state index is 13.8. The number of carbonyl (C=O) groups is 2. The van der Waals surface area contributed by atoms with Crippen molar-refractivity contribution < 1.29 is 14.0 Å². The van der Waals surface area contributed by atoms with Crippen molar-refractivity contribution in [2.24, 2.45) is 0 Å². The Morgan fingerprint density at radius 1 is 1.52 bits per heavy atom. The zero-order chi connectivity index (χ0) is 15.2. The zero-order valence-corrected chi connectivity index (χ0v) is 12.0. The molecule has 10 heteroatoms. The van der Waals surface area contributed by atoms with Crippen molar-refractivity contribution in [3.05, 3.63) is 21.9 Å². The summed E-state index contributed by atoms with van der Waals surface area (Å²) in [5.41, 5.74) is 0.168. The Labute approximate surface area is 123 Å². The van der Waals surface area contributed by atoms with Gasteiger partial charge < -0.3 is 5.32 Å². The van der Waals surface area contributed by atoms with Gasteiger partial charge in [-0.2, -0.15) is 0 Å². The third kappa shape index (κ3) is 4.12. The van der Waals surface area contributed by atoms with Gasteiger partial charge in [-0.1, -0.05) is 16.6 Å². The molecule has 0 aliphatic rings. The molecule has 2 aromatic rings. The van der Waals surface area contributed by atoms with Gasteiger partial charge in [0.25, 0.3) is 5.91 Å². The van der Waals surface area contributed by atoms with Crippen molar-refractivity contribution in [3.8, 4) is 0 Å². The minimum absolute atomic E-state index is 0.0158. The number of hydrogen-bond acceptors (Lipinski definition) is 7. The van der Waals surface area contributed by atoms with Crippen molar-refractivity contribution in [3.63, 3.8) is 0 Å². The normalized spacial score (nSPS) is 12.1. The summed E-state index contributed by atoms with van der Waals surface area (Å²) in [4.78, 5) is 21.8. The minimum Gasteiger partial charge on any atom is -0.353 e. The molecule has 0 aliphatic heterocycles. The Bertz CT molecular complexity index is 628. The van der Waals surface area contributed by atoms with Crippen molar-refractivity contribution in [2.45, 2.75) is 25.6 Å². The Morgan fingerprint density at radius 3 is 3.00 bits per heavy atom. The van der Waals surface area contributed by atoms with E-state index in [9.17, 15) is 14.0 Å². The summed E-state index contributed by atoms with van der Waals surface area (Å²) in [5, 5.41) is 18.1. The number of aromatic nitrogens is 5. The van der Waals surface area contributed by atoms with Crippen LogP contribution in [-0.4, -0.2) is 50.6 Å². The van der Waals surface area contributed by atoms with E-state index >= 15 is 0 Å². The predicted octanol–water partition coefficient (Wildman–Crippen LogP) is 0.273. The molecule has 8 nitrogen and oxygen atoms in total. The van der Waals surface area contributed by atoms with E-state index in [4.69, 9.17) is 0 Å². The van der Waals surface area contributed by atoms with E-state index in [1.807, 2.05) is 0 Å². The molecule has 0 spiro atoms. The number of halogens is 1. The largest absolute Gasteiger partial charge is 0.353 e. The van der Waals surface area contributed by atoms with Crippen LogP contribution >= 0.6 is 11.3 Å². The average molecular weight is 312 g/mol. The van der Waals surface area contributed by atoms with E-state index in [2.05, 4.69) is 25.8 Å². The van der Waals surface area contributed by atoms with Crippen molar-refractivity contribution >= 4 is 23.5 Å². The maximum Gasteiger partial charge on any atom is 0.282 e. The van der Waals surface area contributed by atoms with Crippen LogP contribution in [0.25, 0.3) is 0 Å². The molecule has 0 saturated carbocycles. The summed E-state index contributed by atoms with van der Waals surface area (Å²) < 4.78 is 15.1. The number of nitrogens with one attached hydrogen (secondary N) is 1. The number of amides is 1. The number of nitrogens with zero attached hydrogens (tertiary/aromatic N) is 5. The smallest absolute Gasteiger partial charge is 0.282 e. The van der Waals surface area contributed by atoms with Crippen LogP contribution in [0.5, 0.6) is 0 Å². The van der Waals surface area contributed by atoms with E-state index in [0.29, 0.717) is 17.7 Å². The number of alkyl halides is 1. The topological polar surface area (TPSA) is 103 Å². The fourth-order valence-electron chi connectivity index (χ4n) is 1.58. The SMILES string of the molecule is CNC(=O)c1nnc(CCC(F)Cn2cc(C=O)nn2)s1. The van der Waals surface area contributed by atoms with E-state index in [0.717, 1.165) is 11.3 Å². The Kier molecular flexibility index (Phi) is 5.04. The van der Waals surface area contributed by atoms with Gasteiger partial charge in [0.2, 0.25) is 5.01 Å². The highest BCUT2D eigenvalue weighted by Gasteiger charge is 2.14. The summed E-state index contributed by atoms with van der Waals surface area (Å²) in [5.74, 6) is -0.306. The molecule has 0 aliphatic carbocycles. The molecule has 0 saturated heterocycles. The fourth-order valence-corrected chi connectivity index (χ4v) is 2.39. The van der Waals surface area contributed by atoms with E-state index in [-0.39, 0.29) is 29.6 Å². The van der Waals surface area contributed by atoms with Crippen molar-refractivity contribution in [1.82, 2.24) is 30.5 Å². The maximum absolute atomic E-state index is 13.8. The molecule has 1 unspecified atom stereocenters. The van der Waals surface area contributed by atoms with Gasteiger partial charge in [0, 0.05) is 13.5 Å². The second-order valence-electron chi connectivity index (χ2n) is 4.20. The van der Waals surface area contributed by atoms with Crippen molar-refractivity contribution in [1.29, 1.82) is 0 Å². The molecule has 0 fully saturated rings.